The maximum atomic E-state index is 10.7. The van der Waals surface area contributed by atoms with Crippen molar-refractivity contribution in [2.45, 2.75) is 0 Å². The highest BCUT2D eigenvalue weighted by atomic mass is 35.5. The summed E-state index contributed by atoms with van der Waals surface area (Å²) < 4.78 is 5.64. The van der Waals surface area contributed by atoms with Crippen LogP contribution in [0.3, 0.4) is 0 Å². The van der Waals surface area contributed by atoms with Gasteiger partial charge in [0, 0.05) is 5.02 Å². The first kappa shape index (κ1) is 13.4. The third-order valence-electron chi connectivity index (χ3n) is 2.62. The van der Waals surface area contributed by atoms with Gasteiger partial charge in [0.15, 0.2) is 0 Å². The van der Waals surface area contributed by atoms with Gasteiger partial charge in [-0.2, -0.15) is 0 Å². The molecule has 0 heterocycles. The van der Waals surface area contributed by atoms with E-state index in [0.717, 1.165) is 23.2 Å². The van der Waals surface area contributed by atoms with E-state index in [2.05, 4.69) is 0 Å². The summed E-state index contributed by atoms with van der Waals surface area (Å²) in [5, 5.41) is 0.666. The van der Waals surface area contributed by atoms with Crippen molar-refractivity contribution < 1.29 is 9.53 Å². The molecule has 0 N–H and O–H groups in total. The smallest absolute Gasteiger partial charge is 0.143 e. The number of ether oxygens (including phenoxy) is 1. The molecule has 0 bridgehead atoms. The third-order valence-corrected chi connectivity index (χ3v) is 2.87. The molecule has 0 saturated heterocycles. The Bertz CT molecular complexity index is 559. The average Bonchev–Trinajstić information content (AvgIpc) is 2.46. The van der Waals surface area contributed by atoms with Gasteiger partial charge in [-0.15, -0.1) is 0 Å². The molecule has 3 heteroatoms. The average molecular weight is 273 g/mol. The first-order valence-corrected chi connectivity index (χ1v) is 6.25. The molecule has 0 aliphatic rings. The fourth-order valence-electron chi connectivity index (χ4n) is 1.65. The van der Waals surface area contributed by atoms with Crippen LogP contribution < -0.4 is 4.74 Å². The van der Waals surface area contributed by atoms with Crippen molar-refractivity contribution in [3.05, 3.63) is 71.3 Å². The Morgan fingerprint density at radius 3 is 2.37 bits per heavy atom. The minimum Gasteiger partial charge on any atom is -0.489 e. The molecule has 2 aromatic carbocycles. The Kier molecular flexibility index (Phi) is 4.76. The van der Waals surface area contributed by atoms with E-state index >= 15 is 0 Å². The number of hydrogen-bond acceptors (Lipinski definition) is 2. The van der Waals surface area contributed by atoms with Gasteiger partial charge in [0.25, 0.3) is 0 Å². The molecule has 0 atom stereocenters. The van der Waals surface area contributed by atoms with E-state index in [9.17, 15) is 4.79 Å². The van der Waals surface area contributed by atoms with Crippen molar-refractivity contribution in [3.63, 3.8) is 0 Å². The van der Waals surface area contributed by atoms with E-state index < -0.39 is 0 Å². The minimum absolute atomic E-state index is 0.338. The summed E-state index contributed by atoms with van der Waals surface area (Å²) in [7, 11) is 0. The number of carbonyl (C=O) groups is 1. The Morgan fingerprint density at radius 1 is 1.05 bits per heavy atom. The molecule has 0 amide bonds. The van der Waals surface area contributed by atoms with Gasteiger partial charge in [0.05, 0.1) is 0 Å². The van der Waals surface area contributed by atoms with Gasteiger partial charge in [-0.05, 0) is 41.5 Å². The van der Waals surface area contributed by atoms with Crippen molar-refractivity contribution in [2.75, 3.05) is 6.61 Å². The lowest BCUT2D eigenvalue weighted by Gasteiger charge is -2.09. The van der Waals surface area contributed by atoms with E-state index in [0.29, 0.717) is 11.6 Å². The summed E-state index contributed by atoms with van der Waals surface area (Å²) in [6, 6.07) is 16.8. The molecule has 2 aromatic rings. The Labute approximate surface area is 117 Å². The van der Waals surface area contributed by atoms with Crippen LogP contribution in [0.15, 0.2) is 60.7 Å². The zero-order chi connectivity index (χ0) is 13.5. The highest BCUT2D eigenvalue weighted by Crippen LogP contribution is 2.19. The number of hydrogen-bond donors (Lipinski definition) is 0. The first-order valence-electron chi connectivity index (χ1n) is 5.88. The second kappa shape index (κ2) is 6.76. The maximum Gasteiger partial charge on any atom is 0.143 e. The molecule has 0 aliphatic carbocycles. The number of aldehydes is 1. The highest BCUT2D eigenvalue weighted by molar-refractivity contribution is 6.30. The first-order chi connectivity index (χ1) is 9.29. The van der Waals surface area contributed by atoms with Gasteiger partial charge in [-0.25, -0.2) is 0 Å². The van der Waals surface area contributed by atoms with E-state index in [1.165, 1.54) is 6.08 Å². The summed E-state index contributed by atoms with van der Waals surface area (Å²) in [6.45, 7) is 0.338. The predicted molar refractivity (Wildman–Crippen MR) is 77.4 cm³/mol. The summed E-state index contributed by atoms with van der Waals surface area (Å²) >= 11 is 5.81. The van der Waals surface area contributed by atoms with Crippen LogP contribution >= 0.6 is 11.6 Å². The van der Waals surface area contributed by atoms with Gasteiger partial charge in [-0.1, -0.05) is 41.9 Å². The van der Waals surface area contributed by atoms with Gasteiger partial charge in [0.1, 0.15) is 18.6 Å². The normalized spacial score (nSPS) is 11.1. The van der Waals surface area contributed by atoms with Crippen LogP contribution in [-0.4, -0.2) is 12.9 Å². The SMILES string of the molecule is O=C/C=C(/COc1ccc(Cl)cc1)c1ccccc1. The molecule has 2 nitrogen and oxygen atoms in total. The fourth-order valence-corrected chi connectivity index (χ4v) is 1.78. The van der Waals surface area contributed by atoms with Crippen LogP contribution in [0, 0.1) is 0 Å². The van der Waals surface area contributed by atoms with Crippen molar-refractivity contribution >= 4 is 23.5 Å². The topological polar surface area (TPSA) is 26.3 Å². The number of carbonyl (C=O) groups excluding carboxylic acids is 1. The number of rotatable bonds is 5. The van der Waals surface area contributed by atoms with Crippen molar-refractivity contribution in [1.82, 2.24) is 0 Å². The molecule has 0 spiro atoms. The lowest BCUT2D eigenvalue weighted by molar-refractivity contribution is -0.104. The van der Waals surface area contributed by atoms with Gasteiger partial charge in [-0.3, -0.25) is 4.79 Å². The van der Waals surface area contributed by atoms with E-state index in [-0.39, 0.29) is 0 Å². The molecule has 0 aliphatic heterocycles. The van der Waals surface area contributed by atoms with Crippen molar-refractivity contribution in [1.29, 1.82) is 0 Å². The zero-order valence-electron chi connectivity index (χ0n) is 10.3. The standard InChI is InChI=1S/C16H13ClO2/c17-15-6-8-16(9-7-15)19-12-14(10-11-18)13-4-2-1-3-5-13/h1-11H,12H2/b14-10-. The zero-order valence-corrected chi connectivity index (χ0v) is 11.0. The summed E-state index contributed by atoms with van der Waals surface area (Å²) in [5.41, 5.74) is 1.81. The van der Waals surface area contributed by atoms with E-state index in [1.807, 2.05) is 30.3 Å². The van der Waals surface area contributed by atoms with Crippen LogP contribution in [0.4, 0.5) is 0 Å². The minimum atomic E-state index is 0.338. The predicted octanol–water partition coefficient (Wildman–Crippen LogP) is 4.00. The molecule has 0 unspecified atom stereocenters. The van der Waals surface area contributed by atoms with Crippen molar-refractivity contribution in [2.24, 2.45) is 0 Å². The molecular weight excluding hydrogens is 260 g/mol. The molecule has 0 radical (unpaired) electrons. The Hall–Kier alpha value is -2.06. The van der Waals surface area contributed by atoms with Crippen LogP contribution in [0.25, 0.3) is 5.57 Å². The second-order valence-corrected chi connectivity index (χ2v) is 4.37. The molecule has 19 heavy (non-hydrogen) atoms. The van der Waals surface area contributed by atoms with Gasteiger partial charge >= 0.3 is 0 Å². The maximum absolute atomic E-state index is 10.7. The quantitative estimate of drug-likeness (QED) is 0.607. The molecule has 2 rings (SSSR count). The highest BCUT2D eigenvalue weighted by Gasteiger charge is 2.02. The van der Waals surface area contributed by atoms with Gasteiger partial charge < -0.3 is 4.74 Å². The summed E-state index contributed by atoms with van der Waals surface area (Å²) in [4.78, 5) is 10.7. The molecule has 0 aromatic heterocycles. The molecular formula is C16H13ClO2. The second-order valence-electron chi connectivity index (χ2n) is 3.94. The lowest BCUT2D eigenvalue weighted by atomic mass is 10.1. The van der Waals surface area contributed by atoms with Crippen LogP contribution in [-0.2, 0) is 4.79 Å². The fraction of sp³-hybridized carbons (Fsp3) is 0.0625. The number of halogens is 1. The lowest BCUT2D eigenvalue weighted by Crippen LogP contribution is -2.01. The van der Waals surface area contributed by atoms with Crippen LogP contribution in [0.1, 0.15) is 5.56 Å². The van der Waals surface area contributed by atoms with E-state index in [4.69, 9.17) is 16.3 Å². The summed E-state index contributed by atoms with van der Waals surface area (Å²) in [6.07, 6.45) is 2.29. The molecule has 0 saturated carbocycles. The van der Waals surface area contributed by atoms with Crippen LogP contribution in [0.5, 0.6) is 5.75 Å². The molecule has 0 fully saturated rings. The number of benzene rings is 2. The Balaban J connectivity index is 2.08. The summed E-state index contributed by atoms with van der Waals surface area (Å²) in [5.74, 6) is 0.720. The number of allylic oxidation sites excluding steroid dienone is 1. The molecule has 96 valence electrons. The van der Waals surface area contributed by atoms with E-state index in [1.54, 1.807) is 24.3 Å². The Morgan fingerprint density at radius 2 is 1.74 bits per heavy atom. The third kappa shape index (κ3) is 3.97. The largest absolute Gasteiger partial charge is 0.489 e. The van der Waals surface area contributed by atoms with Crippen LogP contribution in [0.2, 0.25) is 5.02 Å². The monoisotopic (exact) mass is 272 g/mol. The van der Waals surface area contributed by atoms with Crippen molar-refractivity contribution in [3.8, 4) is 5.75 Å². The van der Waals surface area contributed by atoms with Gasteiger partial charge in [0.2, 0.25) is 0 Å².